The molecular weight excluding hydrogens is 460 g/mol. The van der Waals surface area contributed by atoms with Gasteiger partial charge in [0.1, 0.15) is 5.54 Å². The lowest BCUT2D eigenvalue weighted by atomic mass is 9.89. The first-order valence-electron chi connectivity index (χ1n) is 16.9. The molecule has 0 bridgehead atoms. The van der Waals surface area contributed by atoms with E-state index in [0.29, 0.717) is 0 Å². The highest BCUT2D eigenvalue weighted by Gasteiger charge is 2.21. The van der Waals surface area contributed by atoms with Crippen LogP contribution in [0, 0.1) is 0 Å². The van der Waals surface area contributed by atoms with E-state index in [2.05, 4.69) is 78.8 Å². The zero-order valence-corrected chi connectivity index (χ0v) is 27.5. The molecule has 3 N–H and O–H groups in total. The Kier molecular flexibility index (Phi) is 23.4. The van der Waals surface area contributed by atoms with Gasteiger partial charge in [-0.3, -0.25) is 0 Å². The van der Waals surface area contributed by atoms with Crippen LogP contribution in [-0.2, 0) is 12.0 Å². The SMILES string of the molecule is CCCCCCCCCCCC[N+](C)(C)C.CCCCCCCCCCCCc1ccccc1C(C)(C)[NH3+]. The molecule has 0 heterocycles. The van der Waals surface area contributed by atoms with Gasteiger partial charge in [0.05, 0.1) is 27.7 Å². The molecule has 1 aromatic carbocycles. The summed E-state index contributed by atoms with van der Waals surface area (Å²) in [6, 6.07) is 8.85. The van der Waals surface area contributed by atoms with E-state index in [9.17, 15) is 0 Å². The summed E-state index contributed by atoms with van der Waals surface area (Å²) in [4.78, 5) is 0. The molecule has 0 spiro atoms. The molecule has 0 fully saturated rings. The van der Waals surface area contributed by atoms with E-state index in [1.807, 2.05) is 0 Å². The van der Waals surface area contributed by atoms with E-state index in [4.69, 9.17) is 0 Å². The molecule has 0 radical (unpaired) electrons. The zero-order chi connectivity index (χ0) is 28.5. The molecule has 0 atom stereocenters. The molecule has 2 heteroatoms. The first-order chi connectivity index (χ1) is 18.1. The molecule has 38 heavy (non-hydrogen) atoms. The molecule has 0 amide bonds. The van der Waals surface area contributed by atoms with Gasteiger partial charge in [0.15, 0.2) is 0 Å². The Morgan fingerprint density at radius 2 is 0.921 bits per heavy atom. The lowest BCUT2D eigenvalue weighted by molar-refractivity contribution is -0.870. The third-order valence-corrected chi connectivity index (χ3v) is 7.73. The van der Waals surface area contributed by atoms with Crippen LogP contribution in [0.5, 0.6) is 0 Å². The van der Waals surface area contributed by atoms with Gasteiger partial charge in [0.25, 0.3) is 0 Å². The van der Waals surface area contributed by atoms with Gasteiger partial charge in [-0.25, -0.2) is 0 Å². The first-order valence-corrected chi connectivity index (χ1v) is 16.9. The standard InChI is InChI=1S/C21H37N.C15H34N/c1-4-5-6-7-8-9-10-11-12-13-16-19-17-14-15-18-20(19)21(2,3)22;1-5-6-7-8-9-10-11-12-13-14-15-16(2,3)4/h14-15,17-18H,4-13,16,22H2,1-3H3;5-15H2,1-4H3/q;+1/p+1. The molecule has 0 aliphatic rings. The average molecular weight is 533 g/mol. The van der Waals surface area contributed by atoms with Gasteiger partial charge < -0.3 is 10.2 Å². The molecule has 0 unspecified atom stereocenters. The molecule has 0 aromatic heterocycles. The predicted molar refractivity (Wildman–Crippen MR) is 173 cm³/mol. The van der Waals surface area contributed by atoms with Crippen LogP contribution < -0.4 is 5.73 Å². The van der Waals surface area contributed by atoms with Crippen molar-refractivity contribution in [2.45, 2.75) is 168 Å². The van der Waals surface area contributed by atoms with Crippen LogP contribution >= 0.6 is 0 Å². The Morgan fingerprint density at radius 3 is 1.32 bits per heavy atom. The number of aryl methyl sites for hydroxylation is 1. The molecule has 0 aliphatic heterocycles. The number of nitrogens with zero attached hydrogens (tertiary/aromatic N) is 1. The number of hydrogen-bond donors (Lipinski definition) is 1. The summed E-state index contributed by atoms with van der Waals surface area (Å²) >= 11 is 0. The maximum Gasteiger partial charge on any atom is 0.115 e. The summed E-state index contributed by atoms with van der Waals surface area (Å²) in [6.07, 6.45) is 29.7. The number of hydrogen-bond acceptors (Lipinski definition) is 0. The number of unbranched alkanes of at least 4 members (excludes halogenated alkanes) is 18. The van der Waals surface area contributed by atoms with E-state index in [1.165, 1.54) is 153 Å². The van der Waals surface area contributed by atoms with Crippen LogP contribution in [0.4, 0.5) is 0 Å². The fourth-order valence-corrected chi connectivity index (χ4v) is 5.28. The predicted octanol–water partition coefficient (Wildman–Crippen LogP) is 10.2. The first kappa shape index (κ1) is 37.1. The highest BCUT2D eigenvalue weighted by molar-refractivity contribution is 5.31. The molecule has 0 saturated carbocycles. The number of quaternary nitrogens is 2. The molecular formula is C36H72N2+2. The van der Waals surface area contributed by atoms with Crippen molar-refractivity contribution in [3.05, 3.63) is 35.4 Å². The third-order valence-electron chi connectivity index (χ3n) is 7.73. The van der Waals surface area contributed by atoms with Gasteiger partial charge in [0.2, 0.25) is 0 Å². The maximum atomic E-state index is 4.30. The summed E-state index contributed by atoms with van der Waals surface area (Å²) in [5, 5.41) is 0. The fraction of sp³-hybridized carbons (Fsp3) is 0.833. The highest BCUT2D eigenvalue weighted by Crippen LogP contribution is 2.22. The fourth-order valence-electron chi connectivity index (χ4n) is 5.28. The van der Waals surface area contributed by atoms with Crippen molar-refractivity contribution in [2.24, 2.45) is 0 Å². The monoisotopic (exact) mass is 533 g/mol. The van der Waals surface area contributed by atoms with E-state index in [1.54, 1.807) is 0 Å². The van der Waals surface area contributed by atoms with E-state index >= 15 is 0 Å². The Bertz CT molecular complexity index is 623. The summed E-state index contributed by atoms with van der Waals surface area (Å²) in [5.41, 5.74) is 7.25. The van der Waals surface area contributed by atoms with Crippen molar-refractivity contribution in [2.75, 3.05) is 27.7 Å². The van der Waals surface area contributed by atoms with Gasteiger partial charge in [0, 0.05) is 5.56 Å². The highest BCUT2D eigenvalue weighted by atomic mass is 15.3. The Morgan fingerprint density at radius 1 is 0.553 bits per heavy atom. The molecule has 224 valence electrons. The third kappa shape index (κ3) is 24.2. The maximum absolute atomic E-state index is 4.30. The van der Waals surface area contributed by atoms with Gasteiger partial charge in [-0.2, -0.15) is 0 Å². The normalized spacial score (nSPS) is 11.9. The second-order valence-electron chi connectivity index (χ2n) is 13.7. The second-order valence-corrected chi connectivity index (χ2v) is 13.7. The van der Waals surface area contributed by atoms with E-state index in [-0.39, 0.29) is 5.54 Å². The Hall–Kier alpha value is -0.860. The van der Waals surface area contributed by atoms with Crippen molar-refractivity contribution in [3.63, 3.8) is 0 Å². The van der Waals surface area contributed by atoms with Crippen LogP contribution in [0.3, 0.4) is 0 Å². The van der Waals surface area contributed by atoms with Crippen molar-refractivity contribution < 1.29 is 10.2 Å². The van der Waals surface area contributed by atoms with Crippen molar-refractivity contribution in [1.82, 2.24) is 0 Å². The van der Waals surface area contributed by atoms with Crippen molar-refractivity contribution in [1.29, 1.82) is 0 Å². The minimum absolute atomic E-state index is 0.0229. The van der Waals surface area contributed by atoms with E-state index < -0.39 is 0 Å². The van der Waals surface area contributed by atoms with Crippen LogP contribution in [0.1, 0.15) is 167 Å². The zero-order valence-electron chi connectivity index (χ0n) is 27.5. The van der Waals surface area contributed by atoms with Crippen LogP contribution in [0.2, 0.25) is 0 Å². The lowest BCUT2D eigenvalue weighted by Crippen LogP contribution is -2.66. The lowest BCUT2D eigenvalue weighted by Gasteiger charge is -2.23. The van der Waals surface area contributed by atoms with Gasteiger partial charge >= 0.3 is 0 Å². The molecule has 1 aromatic rings. The number of rotatable bonds is 23. The number of benzene rings is 1. The summed E-state index contributed by atoms with van der Waals surface area (Å²) in [7, 11) is 6.86. The molecule has 0 aliphatic carbocycles. The van der Waals surface area contributed by atoms with E-state index in [0.717, 1.165) is 4.48 Å². The largest absolute Gasteiger partial charge is 0.349 e. The minimum atomic E-state index is 0.0229. The van der Waals surface area contributed by atoms with Gasteiger partial charge in [-0.1, -0.05) is 147 Å². The van der Waals surface area contributed by atoms with Crippen LogP contribution in [0.25, 0.3) is 0 Å². The molecule has 0 saturated heterocycles. The summed E-state index contributed by atoms with van der Waals surface area (Å²) in [5.74, 6) is 0. The van der Waals surface area contributed by atoms with Gasteiger partial charge in [-0.15, -0.1) is 0 Å². The molecule has 2 nitrogen and oxygen atoms in total. The minimum Gasteiger partial charge on any atom is -0.349 e. The second kappa shape index (κ2) is 24.0. The summed E-state index contributed by atoms with van der Waals surface area (Å²) in [6.45, 7) is 10.3. The smallest absolute Gasteiger partial charge is 0.115 e. The molecule has 1 rings (SSSR count). The van der Waals surface area contributed by atoms with Crippen LogP contribution in [-0.4, -0.2) is 32.2 Å². The average Bonchev–Trinajstić information content (AvgIpc) is 2.86. The topological polar surface area (TPSA) is 27.6 Å². The Balaban J connectivity index is 0.000000761. The van der Waals surface area contributed by atoms with Gasteiger partial charge in [-0.05, 0) is 45.1 Å². The van der Waals surface area contributed by atoms with Crippen molar-refractivity contribution in [3.8, 4) is 0 Å². The quantitative estimate of drug-likeness (QED) is 0.107. The Labute approximate surface area is 241 Å². The van der Waals surface area contributed by atoms with Crippen molar-refractivity contribution >= 4 is 0 Å². The van der Waals surface area contributed by atoms with Crippen LogP contribution in [0.15, 0.2) is 24.3 Å². The summed E-state index contributed by atoms with van der Waals surface area (Å²) < 4.78 is 1.12.